The van der Waals surface area contributed by atoms with Crippen LogP contribution in [0.4, 0.5) is 17.1 Å². The van der Waals surface area contributed by atoms with E-state index in [0.29, 0.717) is 22.5 Å². The van der Waals surface area contributed by atoms with Crippen molar-refractivity contribution in [1.29, 1.82) is 0 Å². The number of hydrogen-bond acceptors (Lipinski definition) is 6. The third-order valence-electron chi connectivity index (χ3n) is 4.36. The van der Waals surface area contributed by atoms with E-state index in [1.807, 2.05) is 0 Å². The quantitative estimate of drug-likeness (QED) is 0.767. The van der Waals surface area contributed by atoms with Crippen LogP contribution in [0.15, 0.2) is 29.4 Å². The summed E-state index contributed by atoms with van der Waals surface area (Å²) in [6, 6.07) is 3.10. The molecule has 3 rings (SSSR count). The second kappa shape index (κ2) is 6.74. The maximum atomic E-state index is 13.5. The van der Waals surface area contributed by atoms with E-state index in [-0.39, 0.29) is 22.7 Å². The van der Waals surface area contributed by atoms with Gasteiger partial charge in [-0.05, 0) is 43.5 Å². The topological polar surface area (TPSA) is 126 Å². The second-order valence-corrected chi connectivity index (χ2v) is 10.2. The van der Waals surface area contributed by atoms with E-state index in [1.165, 1.54) is 25.4 Å². The number of benzene rings is 1. The first-order chi connectivity index (χ1) is 12.9. The molecule has 2 heterocycles. The van der Waals surface area contributed by atoms with Gasteiger partial charge in [-0.15, -0.1) is 0 Å². The molecule has 1 aliphatic rings. The number of carbonyl (C=O) groups is 1. The van der Waals surface area contributed by atoms with Crippen molar-refractivity contribution in [3.8, 4) is 0 Å². The van der Waals surface area contributed by atoms with Gasteiger partial charge in [-0.2, -0.15) is 0 Å². The molecule has 0 saturated carbocycles. The standard InChI is InChI=1S/C17H20N4O5S2/c1-10-7-11(2)17(12(3)16(10)20-27(4,23)24)28(25,26)21-9-15(22)19-13-8-18-6-5-14(13)21/h5-8,20H,9H2,1-4H3,(H,19,22). The van der Waals surface area contributed by atoms with Crippen LogP contribution in [0.1, 0.15) is 16.7 Å². The fourth-order valence-corrected chi connectivity index (χ4v) is 5.90. The third-order valence-corrected chi connectivity index (χ3v) is 6.99. The van der Waals surface area contributed by atoms with Gasteiger partial charge >= 0.3 is 0 Å². The first kappa shape index (κ1) is 20.1. The highest BCUT2D eigenvalue weighted by molar-refractivity contribution is 7.93. The summed E-state index contributed by atoms with van der Waals surface area (Å²) in [4.78, 5) is 15.9. The Morgan fingerprint density at radius 2 is 1.82 bits per heavy atom. The number of carbonyl (C=O) groups excluding carboxylic acids is 1. The van der Waals surface area contributed by atoms with Crippen LogP contribution in [0.25, 0.3) is 0 Å². The normalized spacial score (nSPS) is 14.4. The summed E-state index contributed by atoms with van der Waals surface area (Å²) in [7, 11) is -7.77. The molecule has 11 heteroatoms. The highest BCUT2D eigenvalue weighted by Gasteiger charge is 2.35. The van der Waals surface area contributed by atoms with Gasteiger partial charge in [0.15, 0.2) is 0 Å². The van der Waals surface area contributed by atoms with E-state index in [0.717, 1.165) is 10.6 Å². The van der Waals surface area contributed by atoms with Crippen LogP contribution < -0.4 is 14.3 Å². The Morgan fingerprint density at radius 3 is 2.46 bits per heavy atom. The highest BCUT2D eigenvalue weighted by Crippen LogP contribution is 2.37. The SMILES string of the molecule is Cc1cc(C)c(S(=O)(=O)N2CC(=O)Nc3cnccc32)c(C)c1NS(C)(=O)=O. The molecule has 1 aromatic heterocycles. The molecular weight excluding hydrogens is 404 g/mol. The summed E-state index contributed by atoms with van der Waals surface area (Å²) in [6.45, 7) is 4.48. The number of fused-ring (bicyclic) bond motifs is 1. The number of amides is 1. The van der Waals surface area contributed by atoms with Gasteiger partial charge in [-0.3, -0.25) is 18.8 Å². The number of sulfonamides is 2. The summed E-state index contributed by atoms with van der Waals surface area (Å²) < 4.78 is 53.9. The van der Waals surface area contributed by atoms with E-state index < -0.39 is 26.0 Å². The van der Waals surface area contributed by atoms with Gasteiger partial charge in [0.05, 0.1) is 34.4 Å². The van der Waals surface area contributed by atoms with Gasteiger partial charge in [0.1, 0.15) is 6.54 Å². The van der Waals surface area contributed by atoms with E-state index in [1.54, 1.807) is 19.9 Å². The Labute approximate surface area is 163 Å². The zero-order valence-corrected chi connectivity index (χ0v) is 17.4. The minimum absolute atomic E-state index is 0.0401. The lowest BCUT2D eigenvalue weighted by molar-refractivity contribution is -0.115. The van der Waals surface area contributed by atoms with Crippen molar-refractivity contribution in [2.45, 2.75) is 25.7 Å². The molecule has 0 atom stereocenters. The summed E-state index contributed by atoms with van der Waals surface area (Å²) >= 11 is 0. The lowest BCUT2D eigenvalue weighted by atomic mass is 10.1. The smallest absolute Gasteiger partial charge is 0.265 e. The largest absolute Gasteiger partial charge is 0.321 e. The Hall–Kier alpha value is -2.66. The van der Waals surface area contributed by atoms with E-state index in [4.69, 9.17) is 0 Å². The van der Waals surface area contributed by atoms with Crippen LogP contribution in [0.3, 0.4) is 0 Å². The minimum atomic E-state index is -4.15. The molecule has 9 nitrogen and oxygen atoms in total. The molecule has 0 saturated heterocycles. The molecule has 2 aromatic rings. The van der Waals surface area contributed by atoms with Crippen molar-refractivity contribution >= 4 is 43.0 Å². The number of rotatable bonds is 4. The Morgan fingerprint density at radius 1 is 1.14 bits per heavy atom. The molecule has 150 valence electrons. The zero-order chi connectivity index (χ0) is 20.9. The number of nitrogens with zero attached hydrogens (tertiary/aromatic N) is 2. The highest BCUT2D eigenvalue weighted by atomic mass is 32.2. The lowest BCUT2D eigenvalue weighted by Crippen LogP contribution is -2.42. The first-order valence-electron chi connectivity index (χ1n) is 8.27. The molecule has 0 bridgehead atoms. The Balaban J connectivity index is 2.24. The Kier molecular flexibility index (Phi) is 4.84. The van der Waals surface area contributed by atoms with Crippen molar-refractivity contribution in [2.24, 2.45) is 0 Å². The van der Waals surface area contributed by atoms with Crippen molar-refractivity contribution < 1.29 is 21.6 Å². The number of pyridine rings is 1. The van der Waals surface area contributed by atoms with Crippen LogP contribution in [0.2, 0.25) is 0 Å². The number of aryl methyl sites for hydroxylation is 2. The van der Waals surface area contributed by atoms with Crippen LogP contribution >= 0.6 is 0 Å². The number of nitrogens with one attached hydrogen (secondary N) is 2. The van der Waals surface area contributed by atoms with E-state index in [2.05, 4.69) is 15.0 Å². The lowest BCUT2D eigenvalue weighted by Gasteiger charge is -2.31. The van der Waals surface area contributed by atoms with Crippen LogP contribution in [0, 0.1) is 20.8 Å². The second-order valence-electron chi connectivity index (χ2n) is 6.67. The molecule has 0 aliphatic carbocycles. The molecule has 0 unspecified atom stereocenters. The summed E-state index contributed by atoms with van der Waals surface area (Å²) in [5.74, 6) is -0.485. The van der Waals surface area contributed by atoms with Gasteiger partial charge in [-0.25, -0.2) is 16.8 Å². The number of hydrogen-bond donors (Lipinski definition) is 2. The predicted octanol–water partition coefficient (Wildman–Crippen LogP) is 1.53. The van der Waals surface area contributed by atoms with Gasteiger partial charge in [0.25, 0.3) is 10.0 Å². The molecular formula is C17H20N4O5S2. The van der Waals surface area contributed by atoms with E-state index in [9.17, 15) is 21.6 Å². The van der Waals surface area contributed by atoms with Gasteiger partial charge in [0, 0.05) is 6.20 Å². The van der Waals surface area contributed by atoms with Crippen molar-refractivity contribution in [1.82, 2.24) is 4.98 Å². The van der Waals surface area contributed by atoms with E-state index >= 15 is 0 Å². The fraction of sp³-hybridized carbons (Fsp3) is 0.294. The number of anilines is 3. The third kappa shape index (κ3) is 3.54. The minimum Gasteiger partial charge on any atom is -0.321 e. The van der Waals surface area contributed by atoms with Crippen LogP contribution in [-0.4, -0.2) is 40.5 Å². The molecule has 0 fully saturated rings. The van der Waals surface area contributed by atoms with Gasteiger partial charge in [-0.1, -0.05) is 6.07 Å². The van der Waals surface area contributed by atoms with Crippen molar-refractivity contribution in [3.05, 3.63) is 41.2 Å². The zero-order valence-electron chi connectivity index (χ0n) is 15.8. The number of aromatic nitrogens is 1. The summed E-state index contributed by atoms with van der Waals surface area (Å²) in [5.41, 5.74) is 2.12. The molecule has 2 N–H and O–H groups in total. The molecule has 1 amide bonds. The first-order valence-corrected chi connectivity index (χ1v) is 11.6. The van der Waals surface area contributed by atoms with Gasteiger partial charge in [0.2, 0.25) is 15.9 Å². The fourth-order valence-electron chi connectivity index (χ4n) is 3.34. The Bertz CT molecular complexity index is 1190. The predicted molar refractivity (Wildman–Crippen MR) is 107 cm³/mol. The molecule has 0 radical (unpaired) electrons. The van der Waals surface area contributed by atoms with Crippen LogP contribution in [-0.2, 0) is 24.8 Å². The molecule has 1 aliphatic heterocycles. The molecule has 28 heavy (non-hydrogen) atoms. The monoisotopic (exact) mass is 424 g/mol. The molecule has 1 aromatic carbocycles. The summed E-state index contributed by atoms with van der Waals surface area (Å²) in [5, 5.41) is 2.60. The van der Waals surface area contributed by atoms with Gasteiger partial charge < -0.3 is 5.32 Å². The maximum Gasteiger partial charge on any atom is 0.265 e. The van der Waals surface area contributed by atoms with Crippen molar-refractivity contribution in [2.75, 3.05) is 27.1 Å². The van der Waals surface area contributed by atoms with Crippen LogP contribution in [0.5, 0.6) is 0 Å². The summed E-state index contributed by atoms with van der Waals surface area (Å²) in [6.07, 6.45) is 3.81. The van der Waals surface area contributed by atoms with Crippen molar-refractivity contribution in [3.63, 3.8) is 0 Å². The maximum absolute atomic E-state index is 13.5. The molecule has 0 spiro atoms. The average Bonchev–Trinajstić information content (AvgIpc) is 2.56. The average molecular weight is 425 g/mol.